The topological polar surface area (TPSA) is 20.3 Å². The molecule has 1 aliphatic rings. The number of hydrogen-bond donors (Lipinski definition) is 0. The summed E-state index contributed by atoms with van der Waals surface area (Å²) in [5.74, 6) is 0.164. The molecular weight excluding hydrogens is 266 g/mol. The molecule has 0 bridgehead atoms. The first-order valence-corrected chi connectivity index (χ1v) is 6.59. The Labute approximate surface area is 105 Å². The van der Waals surface area contributed by atoms with Crippen molar-refractivity contribution in [1.82, 2.24) is 4.90 Å². The van der Waals surface area contributed by atoms with Gasteiger partial charge in [-0.1, -0.05) is 19.1 Å². The molecule has 1 fully saturated rings. The van der Waals surface area contributed by atoms with Crippen LogP contribution in [-0.4, -0.2) is 23.4 Å². The van der Waals surface area contributed by atoms with E-state index >= 15 is 0 Å². The second kappa shape index (κ2) is 5.00. The Balaban J connectivity index is 2.19. The first kappa shape index (κ1) is 11.6. The molecule has 0 N–H and O–H groups in total. The molecule has 86 valence electrons. The van der Waals surface area contributed by atoms with Crippen molar-refractivity contribution >= 4 is 21.8 Å². The Hall–Kier alpha value is -0.830. The lowest BCUT2D eigenvalue weighted by molar-refractivity contribution is 0.0742. The smallest absolute Gasteiger partial charge is 0.255 e. The zero-order chi connectivity index (χ0) is 11.5. The van der Waals surface area contributed by atoms with E-state index < -0.39 is 0 Å². The molecule has 2 nitrogen and oxygen atoms in total. The molecule has 1 saturated carbocycles. The predicted octanol–water partition coefficient (Wildman–Crippen LogP) is 3.46. The Morgan fingerprint density at radius 2 is 2.12 bits per heavy atom. The summed E-state index contributed by atoms with van der Waals surface area (Å²) in [4.78, 5) is 14.3. The molecule has 1 aromatic rings. The van der Waals surface area contributed by atoms with Crippen LogP contribution in [0.2, 0.25) is 0 Å². The standard InChI is InChI=1S/C13H16BrNO/c1-2-9-15(10-7-8-10)13(16)11-5-3-4-6-12(11)14/h3-6,10H,2,7-9H2,1H3. The van der Waals surface area contributed by atoms with Gasteiger partial charge in [-0.25, -0.2) is 0 Å². The Kier molecular flexibility index (Phi) is 3.64. The maximum absolute atomic E-state index is 12.3. The first-order valence-electron chi connectivity index (χ1n) is 5.79. The highest BCUT2D eigenvalue weighted by Crippen LogP contribution is 2.29. The van der Waals surface area contributed by atoms with Crippen LogP contribution >= 0.6 is 15.9 Å². The van der Waals surface area contributed by atoms with Crippen molar-refractivity contribution in [3.05, 3.63) is 34.3 Å². The molecule has 0 spiro atoms. The van der Waals surface area contributed by atoms with E-state index in [4.69, 9.17) is 0 Å². The minimum atomic E-state index is 0.164. The number of hydrogen-bond acceptors (Lipinski definition) is 1. The summed E-state index contributed by atoms with van der Waals surface area (Å²) in [7, 11) is 0. The van der Waals surface area contributed by atoms with Crippen LogP contribution in [0, 0.1) is 0 Å². The van der Waals surface area contributed by atoms with Gasteiger partial charge in [-0.15, -0.1) is 0 Å². The minimum Gasteiger partial charge on any atom is -0.336 e. The van der Waals surface area contributed by atoms with Gasteiger partial charge in [-0.3, -0.25) is 4.79 Å². The third-order valence-electron chi connectivity index (χ3n) is 2.82. The van der Waals surface area contributed by atoms with Crippen LogP contribution in [0.3, 0.4) is 0 Å². The normalized spacial score (nSPS) is 14.9. The minimum absolute atomic E-state index is 0.164. The van der Waals surface area contributed by atoms with Crippen LogP contribution in [-0.2, 0) is 0 Å². The summed E-state index contributed by atoms with van der Waals surface area (Å²) in [5.41, 5.74) is 0.780. The van der Waals surface area contributed by atoms with E-state index in [0.717, 1.165) is 35.8 Å². The SMILES string of the molecule is CCCN(C(=O)c1ccccc1Br)C1CC1. The summed E-state index contributed by atoms with van der Waals surface area (Å²) in [5, 5.41) is 0. The van der Waals surface area contributed by atoms with Gasteiger partial charge in [-0.05, 0) is 47.3 Å². The van der Waals surface area contributed by atoms with Crippen LogP contribution in [0.4, 0.5) is 0 Å². The van der Waals surface area contributed by atoms with Gasteiger partial charge in [0.1, 0.15) is 0 Å². The van der Waals surface area contributed by atoms with Crippen molar-refractivity contribution in [1.29, 1.82) is 0 Å². The highest BCUT2D eigenvalue weighted by atomic mass is 79.9. The number of nitrogens with zero attached hydrogens (tertiary/aromatic N) is 1. The number of carbonyl (C=O) groups is 1. The maximum Gasteiger partial charge on any atom is 0.255 e. The summed E-state index contributed by atoms with van der Waals surface area (Å²) < 4.78 is 0.891. The Bertz CT molecular complexity index is 387. The molecule has 0 aliphatic heterocycles. The fraction of sp³-hybridized carbons (Fsp3) is 0.462. The number of carbonyl (C=O) groups excluding carboxylic acids is 1. The quantitative estimate of drug-likeness (QED) is 0.828. The summed E-state index contributed by atoms with van der Waals surface area (Å²) in [6, 6.07) is 8.14. The molecule has 0 unspecified atom stereocenters. The molecule has 0 saturated heterocycles. The number of rotatable bonds is 4. The van der Waals surface area contributed by atoms with Gasteiger partial charge in [-0.2, -0.15) is 0 Å². The van der Waals surface area contributed by atoms with E-state index in [1.165, 1.54) is 0 Å². The van der Waals surface area contributed by atoms with Gasteiger partial charge in [0.25, 0.3) is 5.91 Å². The molecule has 0 aromatic heterocycles. The molecule has 1 aromatic carbocycles. The molecule has 1 amide bonds. The molecule has 2 rings (SSSR count). The first-order chi connectivity index (χ1) is 7.74. The van der Waals surface area contributed by atoms with Crippen molar-refractivity contribution in [3.8, 4) is 0 Å². The lowest BCUT2D eigenvalue weighted by atomic mass is 10.2. The van der Waals surface area contributed by atoms with Crippen LogP contribution in [0.15, 0.2) is 28.7 Å². The third-order valence-corrected chi connectivity index (χ3v) is 3.51. The largest absolute Gasteiger partial charge is 0.336 e. The van der Waals surface area contributed by atoms with Crippen molar-refractivity contribution in [2.75, 3.05) is 6.54 Å². The highest BCUT2D eigenvalue weighted by molar-refractivity contribution is 9.10. The molecule has 16 heavy (non-hydrogen) atoms. The molecule has 0 atom stereocenters. The summed E-state index contributed by atoms with van der Waals surface area (Å²) in [6.07, 6.45) is 3.35. The van der Waals surface area contributed by atoms with Crippen LogP contribution < -0.4 is 0 Å². The van der Waals surface area contributed by atoms with Gasteiger partial charge < -0.3 is 4.90 Å². The monoisotopic (exact) mass is 281 g/mol. The summed E-state index contributed by atoms with van der Waals surface area (Å²) >= 11 is 3.44. The summed E-state index contributed by atoms with van der Waals surface area (Å²) in [6.45, 7) is 2.98. The fourth-order valence-corrected chi connectivity index (χ4v) is 2.32. The van der Waals surface area contributed by atoms with E-state index in [2.05, 4.69) is 22.9 Å². The second-order valence-electron chi connectivity index (χ2n) is 4.21. The zero-order valence-corrected chi connectivity index (χ0v) is 11.0. The predicted molar refractivity (Wildman–Crippen MR) is 68.5 cm³/mol. The second-order valence-corrected chi connectivity index (χ2v) is 5.06. The van der Waals surface area contributed by atoms with Crippen molar-refractivity contribution < 1.29 is 4.79 Å². The van der Waals surface area contributed by atoms with Crippen molar-refractivity contribution in [2.45, 2.75) is 32.2 Å². The van der Waals surface area contributed by atoms with Crippen LogP contribution in [0.1, 0.15) is 36.5 Å². The third kappa shape index (κ3) is 2.46. The van der Waals surface area contributed by atoms with Gasteiger partial charge in [0.2, 0.25) is 0 Å². The fourth-order valence-electron chi connectivity index (χ4n) is 1.87. The van der Waals surface area contributed by atoms with Crippen LogP contribution in [0.25, 0.3) is 0 Å². The number of benzene rings is 1. The molecular formula is C13H16BrNO. The molecule has 3 heteroatoms. The van der Waals surface area contributed by atoms with Crippen molar-refractivity contribution in [3.63, 3.8) is 0 Å². The van der Waals surface area contributed by atoms with Gasteiger partial charge in [0, 0.05) is 17.1 Å². The lowest BCUT2D eigenvalue weighted by Gasteiger charge is -2.22. The van der Waals surface area contributed by atoms with Gasteiger partial charge in [0.15, 0.2) is 0 Å². The average molecular weight is 282 g/mol. The Morgan fingerprint density at radius 1 is 1.44 bits per heavy atom. The van der Waals surface area contributed by atoms with E-state index in [9.17, 15) is 4.79 Å². The van der Waals surface area contributed by atoms with E-state index in [1.807, 2.05) is 29.2 Å². The highest BCUT2D eigenvalue weighted by Gasteiger charge is 2.32. The number of amides is 1. The average Bonchev–Trinajstić information content (AvgIpc) is 3.09. The molecule has 1 aliphatic carbocycles. The maximum atomic E-state index is 12.3. The van der Waals surface area contributed by atoms with Gasteiger partial charge >= 0.3 is 0 Å². The molecule has 0 radical (unpaired) electrons. The number of halogens is 1. The van der Waals surface area contributed by atoms with Gasteiger partial charge in [0.05, 0.1) is 5.56 Å². The zero-order valence-electron chi connectivity index (χ0n) is 9.45. The molecule has 0 heterocycles. The van der Waals surface area contributed by atoms with Crippen molar-refractivity contribution in [2.24, 2.45) is 0 Å². The lowest BCUT2D eigenvalue weighted by Crippen LogP contribution is -2.33. The van der Waals surface area contributed by atoms with Crippen LogP contribution in [0.5, 0.6) is 0 Å². The van der Waals surface area contributed by atoms with E-state index in [1.54, 1.807) is 0 Å². The Morgan fingerprint density at radius 3 is 2.69 bits per heavy atom. The van der Waals surface area contributed by atoms with E-state index in [-0.39, 0.29) is 5.91 Å². The van der Waals surface area contributed by atoms with E-state index in [0.29, 0.717) is 6.04 Å².